The molecule has 0 saturated carbocycles. The van der Waals surface area contributed by atoms with Crippen LogP contribution in [0.15, 0.2) is 42.5 Å². The fourth-order valence-electron chi connectivity index (χ4n) is 3.11. The van der Waals surface area contributed by atoms with Gasteiger partial charge in [-0.2, -0.15) is 0 Å². The molecular formula is C19H20ClNO2. The summed E-state index contributed by atoms with van der Waals surface area (Å²) >= 11 is 6.07. The van der Waals surface area contributed by atoms with Crippen LogP contribution in [-0.2, 0) is 17.7 Å². The number of ether oxygens (including phenoxy) is 1. The highest BCUT2D eigenvalue weighted by Gasteiger charge is 2.30. The molecule has 1 aliphatic rings. The number of carbonyl (C=O) groups excluding carboxylic acids is 1. The lowest BCUT2D eigenvalue weighted by molar-refractivity contribution is 0.0477. The van der Waals surface area contributed by atoms with Gasteiger partial charge in [0.2, 0.25) is 0 Å². The molecule has 1 atom stereocenters. The zero-order chi connectivity index (χ0) is 16.4. The molecule has 3 nitrogen and oxygen atoms in total. The highest BCUT2D eigenvalue weighted by atomic mass is 35.5. The minimum absolute atomic E-state index is 0.0290. The number of fused-ring (bicyclic) bond motifs is 1. The predicted molar refractivity (Wildman–Crippen MR) is 91.9 cm³/mol. The molecule has 0 bridgehead atoms. The van der Waals surface area contributed by atoms with Crippen molar-refractivity contribution in [3.63, 3.8) is 0 Å². The molecule has 0 N–H and O–H groups in total. The van der Waals surface area contributed by atoms with Crippen LogP contribution in [0, 0.1) is 6.92 Å². The Kier molecular flexibility index (Phi) is 4.69. The van der Waals surface area contributed by atoms with Crippen LogP contribution in [0.2, 0.25) is 5.02 Å². The Morgan fingerprint density at radius 2 is 2.00 bits per heavy atom. The van der Waals surface area contributed by atoms with E-state index in [1.54, 1.807) is 19.2 Å². The van der Waals surface area contributed by atoms with Gasteiger partial charge in [0.25, 0.3) is 5.91 Å². The third kappa shape index (κ3) is 3.26. The molecule has 1 unspecified atom stereocenters. The van der Waals surface area contributed by atoms with Crippen LogP contribution in [0.25, 0.3) is 0 Å². The van der Waals surface area contributed by atoms with E-state index < -0.39 is 0 Å². The van der Waals surface area contributed by atoms with E-state index in [0.29, 0.717) is 23.7 Å². The third-order valence-electron chi connectivity index (χ3n) is 4.38. The van der Waals surface area contributed by atoms with E-state index in [2.05, 4.69) is 12.1 Å². The van der Waals surface area contributed by atoms with Crippen molar-refractivity contribution in [3.05, 3.63) is 69.7 Å². The molecule has 4 heteroatoms. The van der Waals surface area contributed by atoms with Gasteiger partial charge in [-0.15, -0.1) is 0 Å². The van der Waals surface area contributed by atoms with Crippen LogP contribution in [0.5, 0.6) is 0 Å². The van der Waals surface area contributed by atoms with Crippen LogP contribution < -0.4 is 0 Å². The van der Waals surface area contributed by atoms with Crippen molar-refractivity contribution in [1.29, 1.82) is 0 Å². The number of hydrogen-bond acceptors (Lipinski definition) is 2. The second kappa shape index (κ2) is 6.73. The first-order valence-electron chi connectivity index (χ1n) is 7.73. The van der Waals surface area contributed by atoms with E-state index in [9.17, 15) is 4.79 Å². The number of carbonyl (C=O) groups is 1. The van der Waals surface area contributed by atoms with E-state index in [1.165, 1.54) is 11.1 Å². The zero-order valence-corrected chi connectivity index (χ0v) is 14.1. The van der Waals surface area contributed by atoms with E-state index in [-0.39, 0.29) is 11.9 Å². The lowest BCUT2D eigenvalue weighted by Crippen LogP contribution is -2.46. The highest BCUT2D eigenvalue weighted by molar-refractivity contribution is 6.31. The van der Waals surface area contributed by atoms with Crippen LogP contribution in [0.1, 0.15) is 27.0 Å². The summed E-state index contributed by atoms with van der Waals surface area (Å²) in [5.74, 6) is 0.0290. The van der Waals surface area contributed by atoms with Crippen molar-refractivity contribution in [2.75, 3.05) is 13.7 Å². The molecular weight excluding hydrogens is 310 g/mol. The van der Waals surface area contributed by atoms with Gasteiger partial charge in [-0.05, 0) is 48.2 Å². The van der Waals surface area contributed by atoms with E-state index >= 15 is 0 Å². The third-order valence-corrected chi connectivity index (χ3v) is 4.80. The molecule has 0 aromatic heterocycles. The molecule has 120 valence electrons. The van der Waals surface area contributed by atoms with Crippen molar-refractivity contribution in [2.45, 2.75) is 25.9 Å². The molecule has 0 radical (unpaired) electrons. The normalized spacial score (nSPS) is 17.0. The average Bonchev–Trinajstić information content (AvgIpc) is 2.56. The quantitative estimate of drug-likeness (QED) is 0.855. The summed E-state index contributed by atoms with van der Waals surface area (Å²) in [5, 5.41) is 0.680. The van der Waals surface area contributed by atoms with Gasteiger partial charge in [-0.1, -0.05) is 35.9 Å². The van der Waals surface area contributed by atoms with Gasteiger partial charge in [0, 0.05) is 24.2 Å². The molecule has 2 aromatic rings. The standard InChI is InChI=1S/C19H20ClNO2/c1-13-9-15(7-8-18(13)20)19(22)21-11-16-6-4-3-5-14(16)10-17(21)12-23-2/h3-9,17H,10-12H2,1-2H3. The summed E-state index contributed by atoms with van der Waals surface area (Å²) in [7, 11) is 1.68. The van der Waals surface area contributed by atoms with Gasteiger partial charge in [-0.25, -0.2) is 0 Å². The Bertz CT molecular complexity index is 729. The van der Waals surface area contributed by atoms with E-state index in [1.807, 2.05) is 30.0 Å². The lowest BCUT2D eigenvalue weighted by Gasteiger charge is -2.36. The average molecular weight is 330 g/mol. The molecule has 0 aliphatic carbocycles. The van der Waals surface area contributed by atoms with Crippen LogP contribution in [0.3, 0.4) is 0 Å². The van der Waals surface area contributed by atoms with Crippen molar-refractivity contribution in [1.82, 2.24) is 4.90 Å². The van der Waals surface area contributed by atoms with Crippen molar-refractivity contribution < 1.29 is 9.53 Å². The highest BCUT2D eigenvalue weighted by Crippen LogP contribution is 2.26. The van der Waals surface area contributed by atoms with E-state index in [0.717, 1.165) is 12.0 Å². The summed E-state index contributed by atoms with van der Waals surface area (Å²) in [6.45, 7) is 3.06. The Balaban J connectivity index is 1.92. The number of hydrogen-bond donors (Lipinski definition) is 0. The second-order valence-corrected chi connectivity index (χ2v) is 6.39. The monoisotopic (exact) mass is 329 g/mol. The molecule has 0 fully saturated rings. The van der Waals surface area contributed by atoms with Gasteiger partial charge in [-0.3, -0.25) is 4.79 Å². The van der Waals surface area contributed by atoms with Gasteiger partial charge < -0.3 is 9.64 Å². The van der Waals surface area contributed by atoms with Crippen molar-refractivity contribution in [2.24, 2.45) is 0 Å². The smallest absolute Gasteiger partial charge is 0.254 e. The molecule has 0 spiro atoms. The summed E-state index contributed by atoms with van der Waals surface area (Å²) < 4.78 is 5.34. The van der Waals surface area contributed by atoms with Crippen LogP contribution in [0.4, 0.5) is 0 Å². The maximum absolute atomic E-state index is 13.0. The first-order valence-corrected chi connectivity index (χ1v) is 8.11. The molecule has 23 heavy (non-hydrogen) atoms. The SMILES string of the molecule is COCC1Cc2ccccc2CN1C(=O)c1ccc(Cl)c(C)c1. The summed E-state index contributed by atoms with van der Waals surface area (Å²) in [6.07, 6.45) is 0.822. The van der Waals surface area contributed by atoms with E-state index in [4.69, 9.17) is 16.3 Å². The van der Waals surface area contributed by atoms with Crippen LogP contribution in [-0.4, -0.2) is 30.6 Å². The largest absolute Gasteiger partial charge is 0.383 e. The molecule has 1 heterocycles. The summed E-state index contributed by atoms with van der Waals surface area (Å²) in [4.78, 5) is 14.9. The molecule has 3 rings (SSSR count). The molecule has 2 aromatic carbocycles. The minimum Gasteiger partial charge on any atom is -0.383 e. The maximum atomic E-state index is 13.0. The molecule has 1 aliphatic heterocycles. The zero-order valence-electron chi connectivity index (χ0n) is 13.4. The number of aryl methyl sites for hydroxylation is 1. The van der Waals surface area contributed by atoms with Crippen molar-refractivity contribution in [3.8, 4) is 0 Å². The number of benzene rings is 2. The maximum Gasteiger partial charge on any atom is 0.254 e. The summed E-state index contributed by atoms with van der Waals surface area (Å²) in [6, 6.07) is 13.8. The fraction of sp³-hybridized carbons (Fsp3) is 0.316. The Hall–Kier alpha value is -1.84. The summed E-state index contributed by atoms with van der Waals surface area (Å²) in [5.41, 5.74) is 4.09. The topological polar surface area (TPSA) is 29.5 Å². The molecule has 1 amide bonds. The Morgan fingerprint density at radius 1 is 1.26 bits per heavy atom. The number of halogens is 1. The van der Waals surface area contributed by atoms with Crippen molar-refractivity contribution >= 4 is 17.5 Å². The van der Waals surface area contributed by atoms with Gasteiger partial charge >= 0.3 is 0 Å². The number of methoxy groups -OCH3 is 1. The Morgan fingerprint density at radius 3 is 2.70 bits per heavy atom. The van der Waals surface area contributed by atoms with Gasteiger partial charge in [0.1, 0.15) is 0 Å². The number of amides is 1. The number of rotatable bonds is 3. The van der Waals surface area contributed by atoms with Gasteiger partial charge in [0.15, 0.2) is 0 Å². The number of nitrogens with zero attached hydrogens (tertiary/aromatic N) is 1. The lowest BCUT2D eigenvalue weighted by atomic mass is 9.93. The predicted octanol–water partition coefficient (Wildman–Crippen LogP) is 3.86. The van der Waals surface area contributed by atoms with Gasteiger partial charge in [0.05, 0.1) is 12.6 Å². The molecule has 0 saturated heterocycles. The minimum atomic E-state index is 0.0290. The second-order valence-electron chi connectivity index (χ2n) is 5.98. The first kappa shape index (κ1) is 16.0. The van der Waals surface area contributed by atoms with Crippen LogP contribution >= 0.6 is 11.6 Å². The fourth-order valence-corrected chi connectivity index (χ4v) is 3.23. The Labute approximate surface area is 141 Å². The first-order chi connectivity index (χ1) is 11.1.